The van der Waals surface area contributed by atoms with Gasteiger partial charge in [-0.2, -0.15) is 0 Å². The summed E-state index contributed by atoms with van der Waals surface area (Å²) in [4.78, 5) is 23.7. The van der Waals surface area contributed by atoms with Gasteiger partial charge in [-0.15, -0.1) is 0 Å². The molecular formula is C20H30O5. The van der Waals surface area contributed by atoms with E-state index in [0.717, 1.165) is 0 Å². The molecule has 0 saturated heterocycles. The topological polar surface area (TPSA) is 83.8 Å². The van der Waals surface area contributed by atoms with Crippen LogP contribution in [0.4, 0.5) is 0 Å². The predicted molar refractivity (Wildman–Crippen MR) is 97.0 cm³/mol. The Labute approximate surface area is 150 Å². The maximum absolute atomic E-state index is 12.1. The summed E-state index contributed by atoms with van der Waals surface area (Å²) < 4.78 is 5.58. The maximum Gasteiger partial charge on any atom is 0.333 e. The van der Waals surface area contributed by atoms with Crippen molar-refractivity contribution >= 4 is 11.9 Å². The molecule has 0 amide bonds. The molecule has 2 N–H and O–H groups in total. The minimum atomic E-state index is -1.01. The number of hydrogen-bond donors (Lipinski definition) is 2. The number of carboxylic acids is 1. The third-order valence-corrected chi connectivity index (χ3v) is 4.60. The largest absolute Gasteiger partial charge is 0.478 e. The lowest BCUT2D eigenvalue weighted by Gasteiger charge is -2.31. The first-order valence-corrected chi connectivity index (χ1v) is 8.67. The summed E-state index contributed by atoms with van der Waals surface area (Å²) in [5.41, 5.74) is 1.09. The van der Waals surface area contributed by atoms with Crippen LogP contribution in [0.15, 0.2) is 35.5 Å². The molecule has 5 heteroatoms. The number of carbonyl (C=O) groups is 2. The SMILES string of the molecule is C=C1CCC=C(C(=O)O)CC(OC(=O)C(C)=CC)CC(C)(C)CC1O. The normalized spacial score (nSPS) is 25.6. The molecule has 5 nitrogen and oxygen atoms in total. The van der Waals surface area contributed by atoms with Gasteiger partial charge < -0.3 is 14.9 Å². The summed E-state index contributed by atoms with van der Waals surface area (Å²) in [5, 5.41) is 19.8. The van der Waals surface area contributed by atoms with Gasteiger partial charge in [0.15, 0.2) is 0 Å². The minimum absolute atomic E-state index is 0.157. The molecule has 25 heavy (non-hydrogen) atoms. The fourth-order valence-electron chi connectivity index (χ4n) is 2.99. The Morgan fingerprint density at radius 1 is 1.36 bits per heavy atom. The zero-order chi connectivity index (χ0) is 19.2. The zero-order valence-electron chi connectivity index (χ0n) is 15.7. The lowest BCUT2D eigenvalue weighted by molar-refractivity contribution is -0.146. The number of aliphatic carboxylic acids is 1. The molecule has 2 atom stereocenters. The van der Waals surface area contributed by atoms with Crippen molar-refractivity contribution in [3.05, 3.63) is 35.5 Å². The van der Waals surface area contributed by atoms with Crippen molar-refractivity contribution < 1.29 is 24.5 Å². The molecule has 1 aliphatic carbocycles. The van der Waals surface area contributed by atoms with Crippen LogP contribution in [0, 0.1) is 5.41 Å². The predicted octanol–water partition coefficient (Wildman–Crippen LogP) is 3.78. The van der Waals surface area contributed by atoms with Crippen molar-refractivity contribution in [1.82, 2.24) is 0 Å². The Morgan fingerprint density at radius 3 is 2.56 bits per heavy atom. The number of rotatable bonds is 3. The van der Waals surface area contributed by atoms with E-state index in [1.807, 2.05) is 13.8 Å². The van der Waals surface area contributed by atoms with Crippen LogP contribution in [0.3, 0.4) is 0 Å². The zero-order valence-corrected chi connectivity index (χ0v) is 15.7. The van der Waals surface area contributed by atoms with Crippen LogP contribution >= 0.6 is 0 Å². The van der Waals surface area contributed by atoms with E-state index in [2.05, 4.69) is 6.58 Å². The van der Waals surface area contributed by atoms with Crippen LogP contribution in [0.5, 0.6) is 0 Å². The number of aliphatic hydroxyl groups excluding tert-OH is 1. The Kier molecular flexibility index (Phi) is 7.61. The Balaban J connectivity index is 3.12. The molecule has 0 heterocycles. The number of ether oxygens (including phenoxy) is 1. The van der Waals surface area contributed by atoms with Crippen molar-refractivity contribution in [3.63, 3.8) is 0 Å². The van der Waals surface area contributed by atoms with Crippen LogP contribution in [0.25, 0.3) is 0 Å². The average Bonchev–Trinajstić information content (AvgIpc) is 2.52. The van der Waals surface area contributed by atoms with Gasteiger partial charge in [0, 0.05) is 17.6 Å². The van der Waals surface area contributed by atoms with Crippen molar-refractivity contribution in [3.8, 4) is 0 Å². The van der Waals surface area contributed by atoms with Gasteiger partial charge in [-0.3, -0.25) is 0 Å². The molecule has 0 aromatic carbocycles. The minimum Gasteiger partial charge on any atom is -0.478 e. The summed E-state index contributed by atoms with van der Waals surface area (Å²) in [6.45, 7) is 11.3. The molecule has 0 radical (unpaired) electrons. The molecule has 2 unspecified atom stereocenters. The molecular weight excluding hydrogens is 320 g/mol. The van der Waals surface area contributed by atoms with Gasteiger partial charge in [0.2, 0.25) is 0 Å². The van der Waals surface area contributed by atoms with Gasteiger partial charge in [0.1, 0.15) is 6.10 Å². The number of carboxylic acid groups (broad SMARTS) is 1. The summed E-state index contributed by atoms with van der Waals surface area (Å²) in [6.07, 6.45) is 4.24. The number of aliphatic hydroxyl groups is 1. The number of esters is 1. The van der Waals surface area contributed by atoms with Crippen molar-refractivity contribution in [2.75, 3.05) is 0 Å². The quantitative estimate of drug-likeness (QED) is 0.460. The van der Waals surface area contributed by atoms with Crippen LogP contribution < -0.4 is 0 Å². The summed E-state index contributed by atoms with van der Waals surface area (Å²) in [6, 6.07) is 0. The highest BCUT2D eigenvalue weighted by Gasteiger charge is 2.31. The van der Waals surface area contributed by atoms with E-state index >= 15 is 0 Å². The summed E-state index contributed by atoms with van der Waals surface area (Å²) >= 11 is 0. The van der Waals surface area contributed by atoms with E-state index in [4.69, 9.17) is 4.74 Å². The second-order valence-corrected chi connectivity index (χ2v) is 7.52. The first-order valence-electron chi connectivity index (χ1n) is 8.67. The monoisotopic (exact) mass is 350 g/mol. The molecule has 0 saturated carbocycles. The average molecular weight is 350 g/mol. The Morgan fingerprint density at radius 2 is 2.00 bits per heavy atom. The number of carbonyl (C=O) groups excluding carboxylic acids is 1. The van der Waals surface area contributed by atoms with Gasteiger partial charge in [-0.05, 0) is 50.5 Å². The van der Waals surface area contributed by atoms with Gasteiger partial charge in [-0.25, -0.2) is 9.59 Å². The van der Waals surface area contributed by atoms with Gasteiger partial charge in [-0.1, -0.05) is 32.6 Å². The van der Waals surface area contributed by atoms with Crippen LogP contribution in [0.1, 0.15) is 59.8 Å². The molecule has 1 aliphatic rings. The molecule has 0 spiro atoms. The molecule has 0 aromatic heterocycles. The molecule has 0 fully saturated rings. The van der Waals surface area contributed by atoms with Crippen LogP contribution in [-0.4, -0.2) is 34.4 Å². The number of allylic oxidation sites excluding steroid dienone is 2. The first kappa shape index (κ1) is 21.2. The third kappa shape index (κ3) is 6.86. The van der Waals surface area contributed by atoms with Crippen molar-refractivity contribution in [2.45, 2.75) is 72.0 Å². The second-order valence-electron chi connectivity index (χ2n) is 7.52. The first-order chi connectivity index (χ1) is 11.6. The molecule has 0 aromatic rings. The third-order valence-electron chi connectivity index (χ3n) is 4.60. The molecule has 0 aliphatic heterocycles. The summed E-state index contributed by atoms with van der Waals surface area (Å²) in [7, 11) is 0. The maximum atomic E-state index is 12.1. The van der Waals surface area contributed by atoms with Crippen LogP contribution in [0.2, 0.25) is 0 Å². The molecule has 140 valence electrons. The smallest absolute Gasteiger partial charge is 0.333 e. The van der Waals surface area contributed by atoms with E-state index in [-0.39, 0.29) is 17.4 Å². The highest BCUT2D eigenvalue weighted by molar-refractivity contribution is 5.88. The van der Waals surface area contributed by atoms with E-state index in [1.165, 1.54) is 0 Å². The van der Waals surface area contributed by atoms with Gasteiger partial charge in [0.05, 0.1) is 6.10 Å². The van der Waals surface area contributed by atoms with E-state index in [1.54, 1.807) is 26.0 Å². The van der Waals surface area contributed by atoms with Crippen molar-refractivity contribution in [2.24, 2.45) is 5.41 Å². The highest BCUT2D eigenvalue weighted by atomic mass is 16.5. The highest BCUT2D eigenvalue weighted by Crippen LogP contribution is 2.34. The Bertz CT molecular complexity index is 583. The summed E-state index contributed by atoms with van der Waals surface area (Å²) in [5.74, 6) is -1.44. The van der Waals surface area contributed by atoms with E-state index in [0.29, 0.717) is 36.8 Å². The van der Waals surface area contributed by atoms with Gasteiger partial charge in [0.25, 0.3) is 0 Å². The lowest BCUT2D eigenvalue weighted by atomic mass is 9.79. The Hall–Kier alpha value is -1.88. The van der Waals surface area contributed by atoms with Crippen LogP contribution in [-0.2, 0) is 14.3 Å². The second kappa shape index (κ2) is 8.99. The lowest BCUT2D eigenvalue weighted by Crippen LogP contribution is -2.30. The fraction of sp³-hybridized carbons (Fsp3) is 0.600. The fourth-order valence-corrected chi connectivity index (χ4v) is 2.99. The number of hydrogen-bond acceptors (Lipinski definition) is 4. The van der Waals surface area contributed by atoms with Gasteiger partial charge >= 0.3 is 11.9 Å². The van der Waals surface area contributed by atoms with Crippen molar-refractivity contribution in [1.29, 1.82) is 0 Å². The van der Waals surface area contributed by atoms with E-state index < -0.39 is 24.1 Å². The molecule has 1 rings (SSSR count). The standard InChI is InChI=1S/C20H30O5/c1-6-13(2)19(24)25-16-10-15(18(22)23)9-7-8-14(3)17(21)12-20(4,5)11-16/h6,9,16-17,21H,3,7-8,10-12H2,1-2,4-5H3,(H,22,23). The molecule has 0 bridgehead atoms. The van der Waals surface area contributed by atoms with E-state index in [9.17, 15) is 19.8 Å².